The molecule has 0 saturated heterocycles. The highest BCUT2D eigenvalue weighted by Gasteiger charge is 2.30. The molecule has 0 saturated carbocycles. The second-order valence-corrected chi connectivity index (χ2v) is 26.8. The van der Waals surface area contributed by atoms with Crippen molar-refractivity contribution in [3.8, 4) is 0 Å². The van der Waals surface area contributed by atoms with Crippen LogP contribution in [0.3, 0.4) is 0 Å². The number of carbonyl (C=O) groups is 4. The Morgan fingerprint density at radius 3 is 0.840 bits per heavy atom. The van der Waals surface area contributed by atoms with Gasteiger partial charge < -0.3 is 33.8 Å². The zero-order valence-electron chi connectivity index (χ0n) is 52.2. The van der Waals surface area contributed by atoms with Crippen molar-refractivity contribution in [2.24, 2.45) is 17.8 Å². The molecule has 0 aliphatic rings. The van der Waals surface area contributed by atoms with Crippen LogP contribution >= 0.6 is 15.6 Å². The lowest BCUT2D eigenvalue weighted by atomic mass is 10.0. The lowest BCUT2D eigenvalue weighted by molar-refractivity contribution is -0.161. The van der Waals surface area contributed by atoms with E-state index >= 15 is 0 Å². The summed E-state index contributed by atoms with van der Waals surface area (Å²) >= 11 is 0. The summed E-state index contributed by atoms with van der Waals surface area (Å²) < 4.78 is 67.9. The second kappa shape index (κ2) is 53.5. The number of phosphoric acid groups is 2. The maximum Gasteiger partial charge on any atom is 0.472 e. The van der Waals surface area contributed by atoms with Crippen molar-refractivity contribution in [2.45, 2.75) is 317 Å². The van der Waals surface area contributed by atoms with Crippen molar-refractivity contribution in [1.29, 1.82) is 0 Å². The van der Waals surface area contributed by atoms with Gasteiger partial charge in [0.1, 0.15) is 19.3 Å². The van der Waals surface area contributed by atoms with Gasteiger partial charge in [0.05, 0.1) is 26.4 Å². The van der Waals surface area contributed by atoms with E-state index in [-0.39, 0.29) is 25.7 Å². The van der Waals surface area contributed by atoms with Gasteiger partial charge in [0.2, 0.25) is 0 Å². The molecule has 0 rings (SSSR count). The zero-order chi connectivity index (χ0) is 60.3. The highest BCUT2D eigenvalue weighted by atomic mass is 31.2. The van der Waals surface area contributed by atoms with Crippen LogP contribution in [0.15, 0.2) is 0 Å². The van der Waals surface area contributed by atoms with Crippen molar-refractivity contribution in [2.75, 3.05) is 39.6 Å². The number of aliphatic hydroxyl groups excluding tert-OH is 1. The number of phosphoric ester groups is 2. The molecule has 0 aliphatic carbocycles. The van der Waals surface area contributed by atoms with Crippen LogP contribution in [0, 0.1) is 17.8 Å². The number of hydrogen-bond donors (Lipinski definition) is 3. The Balaban J connectivity index is 5.24. The molecular formula is C62H120O17P2. The number of esters is 4. The standard InChI is InChI=1S/C62H120O17P2/c1-8-9-10-11-12-14-22-29-36-43-59(64)72-49-58(79-62(67)46-39-32-25-18-21-28-35-42-55(6)7)52-77-81(70,71)75-48-56(63)47-74-80(68,69)76-51-57(50-73-60(65)44-37-30-24-17-20-27-34-41-54(4)5)78-61(66)45-38-31-23-16-13-15-19-26-33-40-53(2)3/h53-58,63H,8-52H2,1-7H3,(H,68,69)(H,70,71)/t56-,57-,58-/m1/s1. The van der Waals surface area contributed by atoms with E-state index in [1.807, 2.05) is 0 Å². The Labute approximate surface area is 492 Å². The van der Waals surface area contributed by atoms with Gasteiger partial charge in [0.25, 0.3) is 0 Å². The fourth-order valence-electron chi connectivity index (χ4n) is 9.13. The van der Waals surface area contributed by atoms with Crippen molar-refractivity contribution in [1.82, 2.24) is 0 Å². The maximum absolute atomic E-state index is 12.9. The van der Waals surface area contributed by atoms with Crippen LogP contribution in [-0.4, -0.2) is 96.7 Å². The Hall–Kier alpha value is -1.94. The average Bonchev–Trinajstić information content (AvgIpc) is 3.41. The van der Waals surface area contributed by atoms with Crippen molar-refractivity contribution in [3.63, 3.8) is 0 Å². The van der Waals surface area contributed by atoms with Crippen LogP contribution in [0.5, 0.6) is 0 Å². The molecule has 0 spiro atoms. The Bertz CT molecular complexity index is 1610. The number of ether oxygens (including phenoxy) is 4. The van der Waals surface area contributed by atoms with Gasteiger partial charge in [-0.1, -0.05) is 248 Å². The molecule has 19 heteroatoms. The number of carbonyl (C=O) groups excluding carboxylic acids is 4. The first-order valence-corrected chi connectivity index (χ1v) is 35.3. The molecule has 17 nitrogen and oxygen atoms in total. The topological polar surface area (TPSA) is 237 Å². The first-order valence-electron chi connectivity index (χ1n) is 32.3. The van der Waals surface area contributed by atoms with E-state index in [0.29, 0.717) is 37.5 Å². The monoisotopic (exact) mass is 1200 g/mol. The van der Waals surface area contributed by atoms with Crippen molar-refractivity contribution < 1.29 is 80.2 Å². The molecule has 0 fully saturated rings. The molecule has 480 valence electrons. The molecular weight excluding hydrogens is 1080 g/mol. The SMILES string of the molecule is CCCCCCCCCCCC(=O)OC[C@H](COP(=O)(O)OC[C@H](O)COP(=O)(O)OC[C@@H](COC(=O)CCCCCCCCCC(C)C)OC(=O)CCCCCCCCCCCC(C)C)OC(=O)CCCCCCCCCC(C)C. The van der Waals surface area contributed by atoms with Gasteiger partial charge in [0, 0.05) is 25.7 Å². The predicted octanol–water partition coefficient (Wildman–Crippen LogP) is 16.7. The lowest BCUT2D eigenvalue weighted by Crippen LogP contribution is -2.30. The van der Waals surface area contributed by atoms with E-state index < -0.39 is 97.5 Å². The van der Waals surface area contributed by atoms with Gasteiger partial charge in [-0.2, -0.15) is 0 Å². The highest BCUT2D eigenvalue weighted by molar-refractivity contribution is 7.47. The largest absolute Gasteiger partial charge is 0.472 e. The van der Waals surface area contributed by atoms with Gasteiger partial charge in [0.15, 0.2) is 12.2 Å². The molecule has 81 heavy (non-hydrogen) atoms. The summed E-state index contributed by atoms with van der Waals surface area (Å²) in [6.45, 7) is 11.6. The smallest absolute Gasteiger partial charge is 0.462 e. The van der Waals surface area contributed by atoms with E-state index in [4.69, 9.17) is 37.0 Å². The Morgan fingerprint density at radius 1 is 0.333 bits per heavy atom. The normalized spacial score (nSPS) is 14.4. The summed E-state index contributed by atoms with van der Waals surface area (Å²) in [5.41, 5.74) is 0. The number of hydrogen-bond acceptors (Lipinski definition) is 15. The van der Waals surface area contributed by atoms with Crippen LogP contribution in [0.2, 0.25) is 0 Å². The Kier molecular flexibility index (Phi) is 52.2. The van der Waals surface area contributed by atoms with E-state index in [2.05, 4.69) is 48.5 Å². The minimum atomic E-state index is -4.94. The molecule has 0 aromatic carbocycles. The average molecular weight is 1200 g/mol. The maximum atomic E-state index is 12.9. The molecule has 0 radical (unpaired) electrons. The molecule has 0 heterocycles. The molecule has 0 aliphatic heterocycles. The fraction of sp³-hybridized carbons (Fsp3) is 0.935. The van der Waals surface area contributed by atoms with Crippen molar-refractivity contribution >= 4 is 39.5 Å². The lowest BCUT2D eigenvalue weighted by Gasteiger charge is -2.21. The third-order valence-corrected chi connectivity index (χ3v) is 16.0. The molecule has 0 bridgehead atoms. The Morgan fingerprint density at radius 2 is 0.568 bits per heavy atom. The van der Waals surface area contributed by atoms with Gasteiger partial charge in [-0.3, -0.25) is 37.3 Å². The molecule has 3 N–H and O–H groups in total. The molecule has 0 aromatic heterocycles. The quantitative estimate of drug-likeness (QED) is 0.0222. The van der Waals surface area contributed by atoms with E-state index in [1.165, 1.54) is 103 Å². The van der Waals surface area contributed by atoms with Gasteiger partial charge >= 0.3 is 39.5 Å². The zero-order valence-corrected chi connectivity index (χ0v) is 54.0. The number of aliphatic hydroxyl groups is 1. The van der Waals surface area contributed by atoms with Crippen LogP contribution < -0.4 is 0 Å². The van der Waals surface area contributed by atoms with Gasteiger partial charge in [-0.05, 0) is 43.4 Å². The highest BCUT2D eigenvalue weighted by Crippen LogP contribution is 2.45. The third kappa shape index (κ3) is 56.9. The van der Waals surface area contributed by atoms with E-state index in [9.17, 15) is 43.2 Å². The second-order valence-electron chi connectivity index (χ2n) is 23.9. The molecule has 0 amide bonds. The minimum absolute atomic E-state index is 0.103. The van der Waals surface area contributed by atoms with E-state index in [0.717, 1.165) is 102 Å². The first-order chi connectivity index (χ1) is 38.7. The van der Waals surface area contributed by atoms with Gasteiger partial charge in [-0.25, -0.2) is 9.13 Å². The van der Waals surface area contributed by atoms with Crippen LogP contribution in [0.25, 0.3) is 0 Å². The molecule has 5 atom stereocenters. The van der Waals surface area contributed by atoms with Crippen LogP contribution in [0.4, 0.5) is 0 Å². The van der Waals surface area contributed by atoms with Crippen molar-refractivity contribution in [3.05, 3.63) is 0 Å². The van der Waals surface area contributed by atoms with E-state index in [1.54, 1.807) is 0 Å². The summed E-state index contributed by atoms with van der Waals surface area (Å²) in [7, 11) is -9.88. The van der Waals surface area contributed by atoms with Crippen LogP contribution in [-0.2, 0) is 65.4 Å². The summed E-state index contributed by atoms with van der Waals surface area (Å²) in [6, 6.07) is 0. The first kappa shape index (κ1) is 79.1. The molecule has 0 aromatic rings. The molecule has 2 unspecified atom stereocenters. The number of unbranched alkanes of at least 4 members (excludes halogenated alkanes) is 28. The van der Waals surface area contributed by atoms with Crippen LogP contribution in [0.1, 0.15) is 299 Å². The predicted molar refractivity (Wildman–Crippen MR) is 321 cm³/mol. The summed E-state index contributed by atoms with van der Waals surface area (Å²) in [4.78, 5) is 72.0. The van der Waals surface area contributed by atoms with Gasteiger partial charge in [-0.15, -0.1) is 0 Å². The third-order valence-electron chi connectivity index (χ3n) is 14.1. The summed E-state index contributed by atoms with van der Waals surface area (Å²) in [5, 5.41) is 10.5. The summed E-state index contributed by atoms with van der Waals surface area (Å²) in [6.07, 6.45) is 33.6. The number of rotatable bonds is 60. The summed E-state index contributed by atoms with van der Waals surface area (Å²) in [5.74, 6) is -0.00518. The minimum Gasteiger partial charge on any atom is -0.462 e. The fourth-order valence-corrected chi connectivity index (χ4v) is 10.7.